The summed E-state index contributed by atoms with van der Waals surface area (Å²) in [6, 6.07) is 10.7. The van der Waals surface area contributed by atoms with Gasteiger partial charge in [-0.2, -0.15) is 0 Å². The number of rotatable bonds is 6. The summed E-state index contributed by atoms with van der Waals surface area (Å²) in [6.07, 6.45) is 6.10. The molecule has 1 atom stereocenters. The summed E-state index contributed by atoms with van der Waals surface area (Å²) in [6.45, 7) is 4.24. The van der Waals surface area contributed by atoms with Crippen LogP contribution in [0.15, 0.2) is 55.0 Å². The number of hydrogen-bond donors (Lipinski definition) is 2. The zero-order chi connectivity index (χ0) is 22.0. The van der Waals surface area contributed by atoms with E-state index in [1.807, 2.05) is 16.7 Å². The third-order valence-electron chi connectivity index (χ3n) is 5.29. The first kappa shape index (κ1) is 20.3. The van der Waals surface area contributed by atoms with Gasteiger partial charge in [-0.15, -0.1) is 0 Å². The Kier molecular flexibility index (Phi) is 5.53. The fourth-order valence-corrected chi connectivity index (χ4v) is 3.47. The van der Waals surface area contributed by atoms with Crippen LogP contribution in [0.25, 0.3) is 16.8 Å². The number of nitrogens with two attached hydrogens (primary N) is 1. The molecule has 0 aliphatic carbocycles. The van der Waals surface area contributed by atoms with Crippen LogP contribution in [0.4, 0.5) is 11.6 Å². The van der Waals surface area contributed by atoms with Crippen molar-refractivity contribution >= 4 is 23.1 Å². The predicted octanol–water partition coefficient (Wildman–Crippen LogP) is 4.15. The molecule has 0 aliphatic heterocycles. The first-order chi connectivity index (χ1) is 15.0. The molecule has 0 saturated carbocycles. The molecule has 0 unspecified atom stereocenters. The highest BCUT2D eigenvalue weighted by Crippen LogP contribution is 2.34. The van der Waals surface area contributed by atoms with Crippen LogP contribution >= 0.6 is 0 Å². The number of methoxy groups -OCH3 is 1. The summed E-state index contributed by atoms with van der Waals surface area (Å²) in [5, 5.41) is 2.78. The Labute approximate surface area is 180 Å². The van der Waals surface area contributed by atoms with Crippen molar-refractivity contribution in [1.82, 2.24) is 19.4 Å². The Morgan fingerprint density at radius 3 is 2.77 bits per heavy atom. The van der Waals surface area contributed by atoms with E-state index < -0.39 is 0 Å². The first-order valence-corrected chi connectivity index (χ1v) is 10.1. The molecule has 0 fully saturated rings. The van der Waals surface area contributed by atoms with Crippen molar-refractivity contribution in [3.05, 3.63) is 66.4 Å². The minimum Gasteiger partial charge on any atom is -0.496 e. The average Bonchev–Trinajstić information content (AvgIpc) is 3.20. The van der Waals surface area contributed by atoms with E-state index in [-0.39, 0.29) is 11.8 Å². The number of amides is 1. The molecule has 0 bridgehead atoms. The van der Waals surface area contributed by atoms with Gasteiger partial charge in [0.2, 0.25) is 0 Å². The third-order valence-corrected chi connectivity index (χ3v) is 5.29. The Morgan fingerprint density at radius 1 is 1.23 bits per heavy atom. The molecule has 1 amide bonds. The smallest absolute Gasteiger partial charge is 0.260 e. The molecule has 3 aromatic heterocycles. The van der Waals surface area contributed by atoms with Crippen molar-refractivity contribution in [2.45, 2.75) is 26.2 Å². The highest BCUT2D eigenvalue weighted by molar-refractivity contribution is 6.06. The number of imidazole rings is 1. The molecule has 8 heteroatoms. The number of benzene rings is 1. The quantitative estimate of drug-likeness (QED) is 0.489. The molecule has 8 nitrogen and oxygen atoms in total. The maximum Gasteiger partial charge on any atom is 0.260 e. The van der Waals surface area contributed by atoms with E-state index in [0.29, 0.717) is 28.6 Å². The topological polar surface area (TPSA) is 107 Å². The summed E-state index contributed by atoms with van der Waals surface area (Å²) >= 11 is 0. The summed E-state index contributed by atoms with van der Waals surface area (Å²) in [5.41, 5.74) is 8.84. The Hall–Kier alpha value is -3.94. The van der Waals surface area contributed by atoms with E-state index in [1.165, 1.54) is 7.11 Å². The standard InChI is InChI=1S/C23H24N6O2/c1-4-14(2)22-28-19(20-21(24)26-11-12-29(20)22)15-8-9-16(17(13-15)31-3)23(30)27-18-7-5-6-10-25-18/h5-14H,4H2,1-3H3,(H2,24,26)(H,25,27,30)/t14-/m1/s1. The molecule has 3 heterocycles. The van der Waals surface area contributed by atoms with Crippen LogP contribution in [-0.4, -0.2) is 32.4 Å². The molecule has 0 aliphatic rings. The van der Waals surface area contributed by atoms with E-state index in [9.17, 15) is 4.79 Å². The van der Waals surface area contributed by atoms with E-state index in [1.54, 1.807) is 42.7 Å². The van der Waals surface area contributed by atoms with Gasteiger partial charge in [-0.05, 0) is 30.7 Å². The lowest BCUT2D eigenvalue weighted by Crippen LogP contribution is -2.14. The summed E-state index contributed by atoms with van der Waals surface area (Å²) in [5.74, 6) is 2.15. The molecule has 0 radical (unpaired) electrons. The number of fused-ring (bicyclic) bond motifs is 1. The monoisotopic (exact) mass is 416 g/mol. The highest BCUT2D eigenvalue weighted by atomic mass is 16.5. The number of pyridine rings is 1. The first-order valence-electron chi connectivity index (χ1n) is 10.1. The second-order valence-corrected chi connectivity index (χ2v) is 7.24. The summed E-state index contributed by atoms with van der Waals surface area (Å²) in [7, 11) is 1.53. The molecule has 1 aromatic carbocycles. The van der Waals surface area contributed by atoms with Gasteiger partial charge < -0.3 is 15.8 Å². The van der Waals surface area contributed by atoms with Crippen molar-refractivity contribution in [2.24, 2.45) is 0 Å². The summed E-state index contributed by atoms with van der Waals surface area (Å²) in [4.78, 5) is 26.0. The minimum atomic E-state index is -0.307. The van der Waals surface area contributed by atoms with Crippen LogP contribution in [0.2, 0.25) is 0 Å². The van der Waals surface area contributed by atoms with Crippen molar-refractivity contribution in [2.75, 3.05) is 18.2 Å². The SMILES string of the molecule is CC[C@@H](C)c1nc(-c2ccc(C(=O)Nc3ccccn3)c(OC)c2)c2c(N)nccn12. The van der Waals surface area contributed by atoms with E-state index >= 15 is 0 Å². The zero-order valence-electron chi connectivity index (χ0n) is 17.7. The number of nitrogens with zero attached hydrogens (tertiary/aromatic N) is 4. The van der Waals surface area contributed by atoms with Crippen LogP contribution in [0.3, 0.4) is 0 Å². The van der Waals surface area contributed by atoms with Gasteiger partial charge in [-0.25, -0.2) is 15.0 Å². The Morgan fingerprint density at radius 2 is 2.06 bits per heavy atom. The van der Waals surface area contributed by atoms with Gasteiger partial charge in [-0.3, -0.25) is 9.20 Å². The van der Waals surface area contributed by atoms with Crippen molar-refractivity contribution < 1.29 is 9.53 Å². The van der Waals surface area contributed by atoms with Crippen molar-refractivity contribution in [3.8, 4) is 17.0 Å². The van der Waals surface area contributed by atoms with E-state index in [0.717, 1.165) is 23.3 Å². The van der Waals surface area contributed by atoms with E-state index in [2.05, 4.69) is 29.1 Å². The van der Waals surface area contributed by atoms with Gasteiger partial charge in [0.05, 0.1) is 12.7 Å². The molecular weight excluding hydrogens is 392 g/mol. The lowest BCUT2D eigenvalue weighted by atomic mass is 10.1. The van der Waals surface area contributed by atoms with Gasteiger partial charge in [0, 0.05) is 30.1 Å². The number of nitrogen functional groups attached to an aromatic ring is 1. The lowest BCUT2D eigenvalue weighted by Gasteiger charge is -2.10. The maximum absolute atomic E-state index is 12.8. The molecule has 31 heavy (non-hydrogen) atoms. The van der Waals surface area contributed by atoms with Crippen LogP contribution < -0.4 is 15.8 Å². The number of carbonyl (C=O) groups excluding carboxylic acids is 1. The van der Waals surface area contributed by atoms with Crippen molar-refractivity contribution in [1.29, 1.82) is 0 Å². The normalized spacial score (nSPS) is 12.0. The molecule has 0 spiro atoms. The lowest BCUT2D eigenvalue weighted by molar-refractivity contribution is 0.102. The van der Waals surface area contributed by atoms with Gasteiger partial charge >= 0.3 is 0 Å². The molecular formula is C23H24N6O2. The van der Waals surface area contributed by atoms with Crippen LogP contribution in [-0.2, 0) is 0 Å². The van der Waals surface area contributed by atoms with Crippen LogP contribution in [0.5, 0.6) is 5.75 Å². The number of anilines is 2. The number of nitrogens with one attached hydrogen (secondary N) is 1. The minimum absolute atomic E-state index is 0.244. The third kappa shape index (κ3) is 3.79. The fraction of sp³-hybridized carbons (Fsp3) is 0.217. The van der Waals surface area contributed by atoms with E-state index in [4.69, 9.17) is 15.5 Å². The van der Waals surface area contributed by atoms with Gasteiger partial charge in [-0.1, -0.05) is 26.0 Å². The van der Waals surface area contributed by atoms with Gasteiger partial charge in [0.1, 0.15) is 34.4 Å². The highest BCUT2D eigenvalue weighted by Gasteiger charge is 2.21. The second-order valence-electron chi connectivity index (χ2n) is 7.24. The Bertz CT molecular complexity index is 1240. The molecule has 4 aromatic rings. The number of carbonyl (C=O) groups is 1. The fourth-order valence-electron chi connectivity index (χ4n) is 3.47. The number of hydrogen-bond acceptors (Lipinski definition) is 6. The van der Waals surface area contributed by atoms with Crippen LogP contribution in [0.1, 0.15) is 42.4 Å². The van der Waals surface area contributed by atoms with Crippen molar-refractivity contribution in [3.63, 3.8) is 0 Å². The molecule has 4 rings (SSSR count). The zero-order valence-corrected chi connectivity index (χ0v) is 17.7. The average molecular weight is 416 g/mol. The Balaban J connectivity index is 1.78. The van der Waals surface area contributed by atoms with Crippen LogP contribution in [0, 0.1) is 0 Å². The van der Waals surface area contributed by atoms with Gasteiger partial charge in [0.15, 0.2) is 0 Å². The molecule has 0 saturated heterocycles. The summed E-state index contributed by atoms with van der Waals surface area (Å²) < 4.78 is 7.51. The predicted molar refractivity (Wildman–Crippen MR) is 120 cm³/mol. The second kappa shape index (κ2) is 8.43. The number of aromatic nitrogens is 4. The number of ether oxygens (including phenoxy) is 1. The maximum atomic E-state index is 12.8. The molecule has 158 valence electrons. The largest absolute Gasteiger partial charge is 0.496 e. The van der Waals surface area contributed by atoms with Gasteiger partial charge in [0.25, 0.3) is 5.91 Å². The molecule has 3 N–H and O–H groups in total.